The molecule has 4 aliphatic rings. The van der Waals surface area contributed by atoms with Crippen LogP contribution in [0.2, 0.25) is 0 Å². The molecule has 4 fully saturated rings. The predicted octanol–water partition coefficient (Wildman–Crippen LogP) is 1.78. The Kier molecular flexibility index (Phi) is 3.58. The summed E-state index contributed by atoms with van der Waals surface area (Å²) >= 11 is 0. The molecule has 0 atom stereocenters. The van der Waals surface area contributed by atoms with Crippen LogP contribution < -0.4 is 10.6 Å². The molecule has 5 nitrogen and oxygen atoms in total. The molecule has 0 aromatic carbocycles. The molecule has 2 N–H and O–H groups in total. The van der Waals surface area contributed by atoms with Crippen molar-refractivity contribution in [3.05, 3.63) is 30.1 Å². The first-order valence-electron chi connectivity index (χ1n) is 8.61. The maximum atomic E-state index is 12.3. The predicted molar refractivity (Wildman–Crippen MR) is 85.1 cm³/mol. The van der Waals surface area contributed by atoms with Gasteiger partial charge in [0.25, 0.3) is 0 Å². The van der Waals surface area contributed by atoms with Gasteiger partial charge < -0.3 is 10.6 Å². The first-order valence-corrected chi connectivity index (χ1v) is 8.61. The fourth-order valence-corrected chi connectivity index (χ4v) is 5.32. The van der Waals surface area contributed by atoms with Crippen LogP contribution in [-0.4, -0.2) is 22.3 Å². The number of nitrogens with one attached hydrogen (secondary N) is 2. The van der Waals surface area contributed by atoms with Crippen LogP contribution in [0.1, 0.15) is 44.1 Å². The van der Waals surface area contributed by atoms with Crippen LogP contribution in [0, 0.1) is 17.8 Å². The van der Waals surface area contributed by atoms with E-state index in [1.165, 1.54) is 19.3 Å². The van der Waals surface area contributed by atoms with E-state index in [2.05, 4.69) is 15.6 Å². The Morgan fingerprint density at radius 3 is 2.13 bits per heavy atom. The molecule has 0 radical (unpaired) electrons. The van der Waals surface area contributed by atoms with E-state index in [0.717, 1.165) is 42.6 Å². The van der Waals surface area contributed by atoms with Gasteiger partial charge in [0, 0.05) is 24.5 Å². The third kappa shape index (κ3) is 2.96. The standard InChI is InChI=1S/C18H23N3O2/c22-16(20-11-12-1-3-19-4-2-12)17(23)21-18-8-13-5-14(9-18)7-15(6-13)10-18/h1-4,13-15H,5-11H2,(H,20,22)(H,21,23). The molecule has 1 aromatic heterocycles. The largest absolute Gasteiger partial charge is 0.344 e. The van der Waals surface area contributed by atoms with Crippen LogP contribution in [0.5, 0.6) is 0 Å². The molecule has 5 heteroatoms. The summed E-state index contributed by atoms with van der Waals surface area (Å²) in [7, 11) is 0. The number of pyridine rings is 1. The maximum absolute atomic E-state index is 12.3. The Labute approximate surface area is 136 Å². The van der Waals surface area contributed by atoms with Crippen molar-refractivity contribution in [2.45, 2.75) is 50.6 Å². The SMILES string of the molecule is O=C(NCc1ccncc1)C(=O)NC12CC3CC(CC(C3)C1)C2. The molecule has 0 unspecified atom stereocenters. The van der Waals surface area contributed by atoms with Crippen LogP contribution in [0.25, 0.3) is 0 Å². The molecular formula is C18H23N3O2. The summed E-state index contributed by atoms with van der Waals surface area (Å²) in [4.78, 5) is 28.4. The number of carbonyl (C=O) groups is 2. The second kappa shape index (κ2) is 5.62. The van der Waals surface area contributed by atoms with E-state index in [1.54, 1.807) is 12.4 Å². The first-order chi connectivity index (χ1) is 11.1. The van der Waals surface area contributed by atoms with E-state index in [9.17, 15) is 9.59 Å². The highest BCUT2D eigenvalue weighted by atomic mass is 16.2. The highest BCUT2D eigenvalue weighted by Crippen LogP contribution is 2.55. The van der Waals surface area contributed by atoms with Crippen molar-refractivity contribution in [3.63, 3.8) is 0 Å². The first kappa shape index (κ1) is 14.7. The van der Waals surface area contributed by atoms with Gasteiger partial charge in [-0.3, -0.25) is 14.6 Å². The van der Waals surface area contributed by atoms with Crippen molar-refractivity contribution < 1.29 is 9.59 Å². The summed E-state index contributed by atoms with van der Waals surface area (Å²) in [5, 5.41) is 5.80. The van der Waals surface area contributed by atoms with Gasteiger partial charge in [0.15, 0.2) is 0 Å². The molecule has 1 heterocycles. The van der Waals surface area contributed by atoms with E-state index in [4.69, 9.17) is 0 Å². The van der Waals surface area contributed by atoms with Crippen molar-refractivity contribution >= 4 is 11.8 Å². The van der Waals surface area contributed by atoms with Crippen molar-refractivity contribution in [1.82, 2.24) is 15.6 Å². The number of hydrogen-bond acceptors (Lipinski definition) is 3. The molecule has 0 saturated heterocycles. The zero-order valence-electron chi connectivity index (χ0n) is 13.3. The molecule has 5 rings (SSSR count). The van der Waals surface area contributed by atoms with Crippen LogP contribution in [0.4, 0.5) is 0 Å². The van der Waals surface area contributed by atoms with Crippen LogP contribution in [-0.2, 0) is 16.1 Å². The third-order valence-corrected chi connectivity index (χ3v) is 5.83. The lowest BCUT2D eigenvalue weighted by Crippen LogP contribution is -2.61. The molecular weight excluding hydrogens is 290 g/mol. The number of aromatic nitrogens is 1. The molecule has 122 valence electrons. The topological polar surface area (TPSA) is 71.1 Å². The molecule has 1 aromatic rings. The van der Waals surface area contributed by atoms with Crippen molar-refractivity contribution in [2.24, 2.45) is 17.8 Å². The van der Waals surface area contributed by atoms with E-state index in [-0.39, 0.29) is 5.54 Å². The van der Waals surface area contributed by atoms with E-state index in [0.29, 0.717) is 6.54 Å². The van der Waals surface area contributed by atoms with E-state index >= 15 is 0 Å². The summed E-state index contributed by atoms with van der Waals surface area (Å²) in [6, 6.07) is 3.66. The van der Waals surface area contributed by atoms with Crippen LogP contribution in [0.3, 0.4) is 0 Å². The fourth-order valence-electron chi connectivity index (χ4n) is 5.32. The highest BCUT2D eigenvalue weighted by molar-refractivity contribution is 6.35. The quantitative estimate of drug-likeness (QED) is 0.836. The maximum Gasteiger partial charge on any atom is 0.309 e. The van der Waals surface area contributed by atoms with Gasteiger partial charge in [-0.25, -0.2) is 0 Å². The second-order valence-corrected chi connectivity index (χ2v) is 7.69. The lowest BCUT2D eigenvalue weighted by atomic mass is 9.53. The van der Waals surface area contributed by atoms with Gasteiger partial charge in [-0.05, 0) is 74.0 Å². The molecule has 23 heavy (non-hydrogen) atoms. The van der Waals surface area contributed by atoms with Crippen molar-refractivity contribution in [1.29, 1.82) is 0 Å². The van der Waals surface area contributed by atoms with Gasteiger partial charge in [0.05, 0.1) is 0 Å². The van der Waals surface area contributed by atoms with Gasteiger partial charge in [-0.1, -0.05) is 0 Å². The Morgan fingerprint density at radius 2 is 1.57 bits per heavy atom. The minimum Gasteiger partial charge on any atom is -0.344 e. The Hall–Kier alpha value is -1.91. The van der Waals surface area contributed by atoms with Crippen LogP contribution in [0.15, 0.2) is 24.5 Å². The van der Waals surface area contributed by atoms with Gasteiger partial charge in [0.1, 0.15) is 0 Å². The number of rotatable bonds is 3. The van der Waals surface area contributed by atoms with Crippen LogP contribution >= 0.6 is 0 Å². The molecule has 2 amide bonds. The van der Waals surface area contributed by atoms with Gasteiger partial charge in [-0.2, -0.15) is 0 Å². The van der Waals surface area contributed by atoms with Crippen molar-refractivity contribution in [3.8, 4) is 0 Å². The monoisotopic (exact) mass is 313 g/mol. The Bertz CT molecular complexity index is 579. The normalized spacial score (nSPS) is 34.2. The molecule has 4 saturated carbocycles. The van der Waals surface area contributed by atoms with Crippen molar-refractivity contribution in [2.75, 3.05) is 0 Å². The molecule has 0 spiro atoms. The minimum atomic E-state index is -0.530. The number of amides is 2. The lowest BCUT2D eigenvalue weighted by Gasteiger charge is -2.56. The number of carbonyl (C=O) groups excluding carboxylic acids is 2. The van der Waals surface area contributed by atoms with Gasteiger partial charge >= 0.3 is 11.8 Å². The summed E-state index contributed by atoms with van der Waals surface area (Å²) < 4.78 is 0. The second-order valence-electron chi connectivity index (χ2n) is 7.69. The minimum absolute atomic E-state index is 0.111. The number of hydrogen-bond donors (Lipinski definition) is 2. The highest BCUT2D eigenvalue weighted by Gasteiger charge is 2.51. The average Bonchev–Trinajstić information content (AvgIpc) is 2.51. The molecule has 0 aliphatic heterocycles. The average molecular weight is 313 g/mol. The third-order valence-electron chi connectivity index (χ3n) is 5.83. The lowest BCUT2D eigenvalue weighted by molar-refractivity contribution is -0.142. The smallest absolute Gasteiger partial charge is 0.309 e. The van der Waals surface area contributed by atoms with E-state index in [1.807, 2.05) is 12.1 Å². The summed E-state index contributed by atoms with van der Waals surface area (Å²) in [5.41, 5.74) is 0.829. The number of nitrogens with zero attached hydrogens (tertiary/aromatic N) is 1. The zero-order chi connectivity index (χ0) is 15.9. The van der Waals surface area contributed by atoms with Gasteiger partial charge in [0.2, 0.25) is 0 Å². The fraction of sp³-hybridized carbons (Fsp3) is 0.611. The Balaban J connectivity index is 1.35. The van der Waals surface area contributed by atoms with E-state index < -0.39 is 11.8 Å². The summed E-state index contributed by atoms with van der Waals surface area (Å²) in [6.45, 7) is 0.357. The van der Waals surface area contributed by atoms with Gasteiger partial charge in [-0.15, -0.1) is 0 Å². The molecule has 4 bridgehead atoms. The molecule has 4 aliphatic carbocycles. The summed E-state index contributed by atoms with van der Waals surface area (Å²) in [5.74, 6) is 1.25. The Morgan fingerprint density at radius 1 is 1.00 bits per heavy atom. The zero-order valence-corrected chi connectivity index (χ0v) is 13.3. The summed E-state index contributed by atoms with van der Waals surface area (Å²) in [6.07, 6.45) is 10.5.